The molecule has 0 aliphatic heterocycles. The van der Waals surface area contributed by atoms with Gasteiger partial charge < -0.3 is 14.4 Å². The number of hydrogen-bond acceptors (Lipinski definition) is 5. The van der Waals surface area contributed by atoms with Gasteiger partial charge in [-0.2, -0.15) is 0 Å². The second-order valence-corrected chi connectivity index (χ2v) is 6.78. The highest BCUT2D eigenvalue weighted by Gasteiger charge is 2.17. The van der Waals surface area contributed by atoms with E-state index in [4.69, 9.17) is 9.47 Å². The summed E-state index contributed by atoms with van der Waals surface area (Å²) in [4.78, 5) is 27.9. The van der Waals surface area contributed by atoms with Crippen LogP contribution in [0.15, 0.2) is 66.7 Å². The van der Waals surface area contributed by atoms with E-state index in [0.717, 1.165) is 5.69 Å². The van der Waals surface area contributed by atoms with E-state index in [1.54, 1.807) is 80.9 Å². The number of methoxy groups -OCH3 is 2. The van der Waals surface area contributed by atoms with E-state index in [2.05, 4.69) is 0 Å². The van der Waals surface area contributed by atoms with Gasteiger partial charge in [0.15, 0.2) is 11.6 Å². The lowest BCUT2D eigenvalue weighted by Gasteiger charge is -2.16. The summed E-state index contributed by atoms with van der Waals surface area (Å²) in [5.74, 6) is 1.05. The number of anilines is 1. The van der Waals surface area contributed by atoms with Crippen LogP contribution in [-0.4, -0.2) is 39.9 Å². The largest absolute Gasteiger partial charge is 0.497 e. The summed E-state index contributed by atoms with van der Waals surface area (Å²) in [7, 11) is 6.90. The second kappa shape index (κ2) is 8.61. The number of nitrogens with zero attached hydrogens (tertiary/aromatic N) is 1. The van der Waals surface area contributed by atoms with Crippen LogP contribution in [0, 0.1) is 0 Å². The maximum atomic E-state index is 13.0. The van der Waals surface area contributed by atoms with Gasteiger partial charge >= 0.3 is 0 Å². The minimum Gasteiger partial charge on any atom is -0.497 e. The zero-order chi connectivity index (χ0) is 21.0. The Morgan fingerprint density at radius 3 is 1.31 bits per heavy atom. The smallest absolute Gasteiger partial charge is 0.193 e. The topological polar surface area (TPSA) is 55.8 Å². The first-order chi connectivity index (χ1) is 13.9. The Balaban J connectivity index is 2.00. The molecule has 3 aromatic carbocycles. The van der Waals surface area contributed by atoms with Gasteiger partial charge in [0.2, 0.25) is 0 Å². The first-order valence-corrected chi connectivity index (χ1v) is 9.13. The van der Waals surface area contributed by atoms with Crippen molar-refractivity contribution in [2.75, 3.05) is 33.2 Å². The third-order valence-corrected chi connectivity index (χ3v) is 4.66. The minimum atomic E-state index is -0.153. The molecule has 0 radical (unpaired) electrons. The molecule has 0 aliphatic rings. The van der Waals surface area contributed by atoms with E-state index in [1.165, 1.54) is 0 Å². The predicted molar refractivity (Wildman–Crippen MR) is 114 cm³/mol. The molecule has 5 nitrogen and oxygen atoms in total. The fourth-order valence-corrected chi connectivity index (χ4v) is 2.95. The summed E-state index contributed by atoms with van der Waals surface area (Å²) in [6.07, 6.45) is 0. The molecule has 0 unspecified atom stereocenters. The third-order valence-electron chi connectivity index (χ3n) is 4.66. The average Bonchev–Trinajstić information content (AvgIpc) is 2.77. The molecule has 0 saturated carbocycles. The lowest BCUT2D eigenvalue weighted by Crippen LogP contribution is -2.13. The van der Waals surface area contributed by atoms with Crippen LogP contribution >= 0.6 is 0 Å². The Kier molecular flexibility index (Phi) is 5.98. The molecular formula is C24H23NO4. The van der Waals surface area contributed by atoms with Gasteiger partial charge in [0.05, 0.1) is 14.2 Å². The van der Waals surface area contributed by atoms with Crippen LogP contribution in [0.3, 0.4) is 0 Å². The minimum absolute atomic E-state index is 0.153. The molecule has 0 amide bonds. The third kappa shape index (κ3) is 4.46. The molecule has 5 heteroatoms. The van der Waals surface area contributed by atoms with Crippen molar-refractivity contribution in [1.29, 1.82) is 0 Å². The molecule has 0 saturated heterocycles. The van der Waals surface area contributed by atoms with Crippen LogP contribution < -0.4 is 14.4 Å². The number of rotatable bonds is 7. The summed E-state index contributed by atoms with van der Waals surface area (Å²) < 4.78 is 10.3. The molecule has 0 N–H and O–H groups in total. The summed E-state index contributed by atoms with van der Waals surface area (Å²) in [5, 5.41) is 0. The van der Waals surface area contributed by atoms with Crippen molar-refractivity contribution < 1.29 is 19.1 Å². The van der Waals surface area contributed by atoms with Crippen molar-refractivity contribution >= 4 is 17.3 Å². The number of carbonyl (C=O) groups is 2. The predicted octanol–water partition coefficient (Wildman–Crippen LogP) is 4.23. The fourth-order valence-electron chi connectivity index (χ4n) is 2.95. The molecule has 3 aromatic rings. The zero-order valence-electron chi connectivity index (χ0n) is 16.9. The molecular weight excluding hydrogens is 366 g/mol. The van der Waals surface area contributed by atoms with Gasteiger partial charge in [0.1, 0.15) is 11.5 Å². The summed E-state index contributed by atoms with van der Waals surface area (Å²) in [6.45, 7) is 0. The maximum Gasteiger partial charge on any atom is 0.193 e. The molecule has 29 heavy (non-hydrogen) atoms. The molecule has 0 spiro atoms. The highest BCUT2D eigenvalue weighted by Crippen LogP contribution is 2.24. The van der Waals surface area contributed by atoms with Gasteiger partial charge in [0.25, 0.3) is 0 Å². The van der Waals surface area contributed by atoms with Gasteiger partial charge in [-0.15, -0.1) is 0 Å². The van der Waals surface area contributed by atoms with Crippen molar-refractivity contribution in [3.05, 3.63) is 89.0 Å². The summed E-state index contributed by atoms with van der Waals surface area (Å²) in [5.41, 5.74) is 2.76. The van der Waals surface area contributed by atoms with Crippen molar-refractivity contribution in [3.63, 3.8) is 0 Å². The monoisotopic (exact) mass is 389 g/mol. The van der Waals surface area contributed by atoms with Crippen molar-refractivity contribution in [1.82, 2.24) is 0 Å². The Bertz CT molecular complexity index is 944. The second-order valence-electron chi connectivity index (χ2n) is 6.78. The van der Waals surface area contributed by atoms with E-state index < -0.39 is 0 Å². The molecule has 0 bridgehead atoms. The lowest BCUT2D eigenvalue weighted by molar-refractivity contribution is 0.103. The van der Waals surface area contributed by atoms with Crippen LogP contribution in [0.4, 0.5) is 5.69 Å². The van der Waals surface area contributed by atoms with E-state index in [1.807, 2.05) is 19.0 Å². The van der Waals surface area contributed by atoms with Gasteiger partial charge in [-0.25, -0.2) is 0 Å². The SMILES string of the molecule is COc1ccc(C(=O)c2cc(C(=O)c3ccc(OC)cc3)cc(N(C)C)c2)cc1. The number of hydrogen-bond donors (Lipinski definition) is 0. The quantitative estimate of drug-likeness (QED) is 0.566. The Morgan fingerprint density at radius 2 is 1.00 bits per heavy atom. The fraction of sp³-hybridized carbons (Fsp3) is 0.167. The number of benzene rings is 3. The number of ketones is 2. The highest BCUT2D eigenvalue weighted by molar-refractivity contribution is 6.14. The molecule has 3 rings (SSSR count). The summed E-state index contributed by atoms with van der Waals surface area (Å²) in [6, 6.07) is 19.1. The van der Waals surface area contributed by atoms with Crippen molar-refractivity contribution in [3.8, 4) is 11.5 Å². The van der Waals surface area contributed by atoms with E-state index in [-0.39, 0.29) is 11.6 Å². The van der Waals surface area contributed by atoms with Crippen LogP contribution in [0.2, 0.25) is 0 Å². The first-order valence-electron chi connectivity index (χ1n) is 9.13. The van der Waals surface area contributed by atoms with Crippen LogP contribution in [0.1, 0.15) is 31.8 Å². The van der Waals surface area contributed by atoms with Gasteiger partial charge in [-0.05, 0) is 66.7 Å². The lowest BCUT2D eigenvalue weighted by atomic mass is 9.96. The standard InChI is InChI=1S/C24H23NO4/c1-25(2)20-14-18(23(26)16-5-9-21(28-3)10-6-16)13-19(15-20)24(27)17-7-11-22(29-4)12-8-17/h5-15H,1-4H3. The van der Waals surface area contributed by atoms with Crippen molar-refractivity contribution in [2.24, 2.45) is 0 Å². The Hall–Kier alpha value is -3.60. The zero-order valence-corrected chi connectivity index (χ0v) is 16.9. The van der Waals surface area contributed by atoms with Crippen molar-refractivity contribution in [2.45, 2.75) is 0 Å². The molecule has 0 aromatic heterocycles. The average molecular weight is 389 g/mol. The van der Waals surface area contributed by atoms with E-state index in [9.17, 15) is 9.59 Å². The number of carbonyl (C=O) groups excluding carboxylic acids is 2. The molecule has 0 aliphatic carbocycles. The normalized spacial score (nSPS) is 10.3. The Morgan fingerprint density at radius 1 is 0.621 bits per heavy atom. The molecule has 0 atom stereocenters. The molecule has 0 heterocycles. The van der Waals surface area contributed by atoms with Gasteiger partial charge in [-0.3, -0.25) is 9.59 Å². The Labute approximate surface area is 170 Å². The van der Waals surface area contributed by atoms with E-state index >= 15 is 0 Å². The molecule has 148 valence electrons. The first kappa shape index (κ1) is 20.1. The summed E-state index contributed by atoms with van der Waals surface area (Å²) >= 11 is 0. The maximum absolute atomic E-state index is 13.0. The van der Waals surface area contributed by atoms with Crippen LogP contribution in [0.5, 0.6) is 11.5 Å². The number of ether oxygens (including phenoxy) is 2. The van der Waals surface area contributed by atoms with Gasteiger partial charge in [0, 0.05) is 42.0 Å². The van der Waals surface area contributed by atoms with E-state index in [0.29, 0.717) is 33.8 Å². The molecule has 0 fully saturated rings. The van der Waals surface area contributed by atoms with Crippen LogP contribution in [-0.2, 0) is 0 Å². The highest BCUT2D eigenvalue weighted by atomic mass is 16.5. The van der Waals surface area contributed by atoms with Gasteiger partial charge in [-0.1, -0.05) is 0 Å². The van der Waals surface area contributed by atoms with Crippen LogP contribution in [0.25, 0.3) is 0 Å².